The number of imidazole rings is 1. The third kappa shape index (κ3) is 2.77. The Morgan fingerprint density at radius 2 is 2.29 bits per heavy atom. The van der Waals surface area contributed by atoms with Crippen molar-refractivity contribution in [2.75, 3.05) is 6.54 Å². The van der Waals surface area contributed by atoms with E-state index in [1.54, 1.807) is 17.4 Å². The Balaban J connectivity index is 1.97. The van der Waals surface area contributed by atoms with Gasteiger partial charge in [-0.1, -0.05) is 6.92 Å². The highest BCUT2D eigenvalue weighted by Gasteiger charge is 2.15. The number of hydrogen-bond acceptors (Lipinski definition) is 4. The molecule has 1 aromatic carbocycles. The molecule has 21 heavy (non-hydrogen) atoms. The van der Waals surface area contributed by atoms with Crippen molar-refractivity contribution in [3.05, 3.63) is 46.9 Å². The molecule has 1 N–H and O–H groups in total. The molecular formula is C15H16FN3OS. The monoisotopic (exact) mass is 305 g/mol. The third-order valence-corrected chi connectivity index (χ3v) is 3.97. The average Bonchev–Trinajstić information content (AvgIpc) is 3.01. The van der Waals surface area contributed by atoms with E-state index in [-0.39, 0.29) is 5.82 Å². The van der Waals surface area contributed by atoms with Gasteiger partial charge in [0, 0.05) is 18.1 Å². The van der Waals surface area contributed by atoms with Crippen LogP contribution in [0.15, 0.2) is 29.8 Å². The van der Waals surface area contributed by atoms with Crippen LogP contribution in [0.2, 0.25) is 0 Å². The van der Waals surface area contributed by atoms with E-state index in [9.17, 15) is 4.39 Å². The summed E-state index contributed by atoms with van der Waals surface area (Å²) in [5, 5.41) is 5.28. The first-order valence-electron chi connectivity index (χ1n) is 6.78. The second-order valence-corrected chi connectivity index (χ2v) is 5.58. The SMILES string of the molecule is CCNCc1c(Oc2ccc(F)cc2C)nc2sccn12. The molecule has 3 aromatic rings. The molecule has 0 aliphatic heterocycles. The molecule has 0 aliphatic carbocycles. The number of rotatable bonds is 5. The molecule has 4 nitrogen and oxygen atoms in total. The number of thiazole rings is 1. The summed E-state index contributed by atoms with van der Waals surface area (Å²) >= 11 is 1.56. The predicted molar refractivity (Wildman–Crippen MR) is 81.7 cm³/mol. The van der Waals surface area contributed by atoms with E-state index in [1.807, 2.05) is 22.9 Å². The topological polar surface area (TPSA) is 38.6 Å². The summed E-state index contributed by atoms with van der Waals surface area (Å²) < 4.78 is 21.1. The molecule has 0 aliphatic rings. The van der Waals surface area contributed by atoms with Crippen LogP contribution in [0.25, 0.3) is 4.96 Å². The van der Waals surface area contributed by atoms with Crippen molar-refractivity contribution in [3.63, 3.8) is 0 Å². The molecular weight excluding hydrogens is 289 g/mol. The number of aromatic nitrogens is 2. The van der Waals surface area contributed by atoms with Crippen LogP contribution in [0, 0.1) is 12.7 Å². The molecule has 0 amide bonds. The molecule has 0 bridgehead atoms. The Kier molecular flexibility index (Phi) is 3.90. The van der Waals surface area contributed by atoms with E-state index >= 15 is 0 Å². The first-order chi connectivity index (χ1) is 10.2. The van der Waals surface area contributed by atoms with Crippen LogP contribution >= 0.6 is 11.3 Å². The lowest BCUT2D eigenvalue weighted by molar-refractivity contribution is 0.451. The summed E-state index contributed by atoms with van der Waals surface area (Å²) in [6.45, 7) is 5.41. The van der Waals surface area contributed by atoms with Gasteiger partial charge in [0.05, 0.1) is 0 Å². The van der Waals surface area contributed by atoms with E-state index in [0.717, 1.165) is 22.8 Å². The molecule has 0 saturated carbocycles. The van der Waals surface area contributed by atoms with Gasteiger partial charge in [0.1, 0.15) is 17.3 Å². The molecule has 0 spiro atoms. The minimum atomic E-state index is -0.265. The summed E-state index contributed by atoms with van der Waals surface area (Å²) in [7, 11) is 0. The fourth-order valence-corrected chi connectivity index (χ4v) is 2.85. The fourth-order valence-electron chi connectivity index (χ4n) is 2.13. The normalized spacial score (nSPS) is 11.2. The van der Waals surface area contributed by atoms with Crippen molar-refractivity contribution < 1.29 is 9.13 Å². The van der Waals surface area contributed by atoms with Crippen molar-refractivity contribution >= 4 is 16.3 Å². The summed E-state index contributed by atoms with van der Waals surface area (Å²) in [6, 6.07) is 4.48. The zero-order valence-corrected chi connectivity index (χ0v) is 12.7. The van der Waals surface area contributed by atoms with E-state index in [0.29, 0.717) is 18.2 Å². The van der Waals surface area contributed by atoms with Crippen LogP contribution in [0.1, 0.15) is 18.2 Å². The van der Waals surface area contributed by atoms with Crippen molar-refractivity contribution in [1.82, 2.24) is 14.7 Å². The van der Waals surface area contributed by atoms with Crippen LogP contribution in [-0.4, -0.2) is 15.9 Å². The van der Waals surface area contributed by atoms with Crippen LogP contribution in [0.3, 0.4) is 0 Å². The lowest BCUT2D eigenvalue weighted by Gasteiger charge is -2.09. The first-order valence-corrected chi connectivity index (χ1v) is 7.66. The molecule has 0 fully saturated rings. The maximum absolute atomic E-state index is 13.2. The highest BCUT2D eigenvalue weighted by Crippen LogP contribution is 2.30. The van der Waals surface area contributed by atoms with Gasteiger partial charge < -0.3 is 10.1 Å². The van der Waals surface area contributed by atoms with Gasteiger partial charge in [-0.25, -0.2) is 4.39 Å². The summed E-state index contributed by atoms with van der Waals surface area (Å²) in [5.74, 6) is 0.927. The minimum Gasteiger partial charge on any atom is -0.437 e. The largest absolute Gasteiger partial charge is 0.437 e. The number of benzene rings is 1. The predicted octanol–water partition coefficient (Wildman–Crippen LogP) is 3.75. The number of nitrogens with one attached hydrogen (secondary N) is 1. The molecule has 2 heterocycles. The van der Waals surface area contributed by atoms with Gasteiger partial charge in [-0.05, 0) is 37.2 Å². The molecule has 6 heteroatoms. The summed E-state index contributed by atoms with van der Waals surface area (Å²) in [5.41, 5.74) is 1.72. The van der Waals surface area contributed by atoms with Crippen molar-refractivity contribution in [1.29, 1.82) is 0 Å². The quantitative estimate of drug-likeness (QED) is 0.780. The highest BCUT2D eigenvalue weighted by molar-refractivity contribution is 7.15. The number of halogens is 1. The Morgan fingerprint density at radius 1 is 1.43 bits per heavy atom. The molecule has 0 atom stereocenters. The molecule has 0 unspecified atom stereocenters. The number of ether oxygens (including phenoxy) is 1. The lowest BCUT2D eigenvalue weighted by Crippen LogP contribution is -2.13. The number of fused-ring (bicyclic) bond motifs is 1. The molecule has 2 aromatic heterocycles. The lowest BCUT2D eigenvalue weighted by atomic mass is 10.2. The Labute approximate surface area is 126 Å². The van der Waals surface area contributed by atoms with Crippen molar-refractivity contribution in [2.24, 2.45) is 0 Å². The maximum Gasteiger partial charge on any atom is 0.243 e. The van der Waals surface area contributed by atoms with Gasteiger partial charge in [-0.3, -0.25) is 4.40 Å². The van der Waals surface area contributed by atoms with Gasteiger partial charge in [-0.2, -0.15) is 4.98 Å². The second-order valence-electron chi connectivity index (χ2n) is 4.71. The highest BCUT2D eigenvalue weighted by atomic mass is 32.1. The Bertz CT molecular complexity index is 765. The van der Waals surface area contributed by atoms with Gasteiger partial charge in [-0.15, -0.1) is 11.3 Å². The van der Waals surface area contributed by atoms with E-state index < -0.39 is 0 Å². The van der Waals surface area contributed by atoms with Gasteiger partial charge in [0.15, 0.2) is 4.96 Å². The summed E-state index contributed by atoms with van der Waals surface area (Å²) in [6.07, 6.45) is 1.98. The number of aryl methyl sites for hydroxylation is 1. The fraction of sp³-hybridized carbons (Fsp3) is 0.267. The Hall–Kier alpha value is -1.92. The molecule has 0 radical (unpaired) electrons. The number of nitrogens with zero attached hydrogens (tertiary/aromatic N) is 2. The first kappa shape index (κ1) is 14.0. The van der Waals surface area contributed by atoms with Crippen LogP contribution in [-0.2, 0) is 6.54 Å². The second kappa shape index (κ2) is 5.83. The smallest absolute Gasteiger partial charge is 0.243 e. The van der Waals surface area contributed by atoms with E-state index in [1.165, 1.54) is 12.1 Å². The van der Waals surface area contributed by atoms with Crippen LogP contribution < -0.4 is 10.1 Å². The third-order valence-electron chi connectivity index (χ3n) is 3.21. The average molecular weight is 305 g/mol. The standard InChI is InChI=1S/C15H16FN3OS/c1-3-17-9-12-14(18-15-19(12)6-7-21-15)20-13-5-4-11(16)8-10(13)2/h4-8,17H,3,9H2,1-2H3. The van der Waals surface area contributed by atoms with Crippen molar-refractivity contribution in [2.45, 2.75) is 20.4 Å². The van der Waals surface area contributed by atoms with E-state index in [4.69, 9.17) is 4.74 Å². The van der Waals surface area contributed by atoms with Gasteiger partial charge in [0.2, 0.25) is 5.88 Å². The zero-order valence-electron chi connectivity index (χ0n) is 11.9. The molecule has 0 saturated heterocycles. The summed E-state index contributed by atoms with van der Waals surface area (Å²) in [4.78, 5) is 5.40. The molecule has 3 rings (SSSR count). The Morgan fingerprint density at radius 3 is 3.05 bits per heavy atom. The van der Waals surface area contributed by atoms with Crippen LogP contribution in [0.5, 0.6) is 11.6 Å². The minimum absolute atomic E-state index is 0.265. The maximum atomic E-state index is 13.2. The zero-order chi connectivity index (χ0) is 14.8. The molecule has 110 valence electrons. The van der Waals surface area contributed by atoms with Gasteiger partial charge >= 0.3 is 0 Å². The van der Waals surface area contributed by atoms with Gasteiger partial charge in [0.25, 0.3) is 0 Å². The van der Waals surface area contributed by atoms with Crippen molar-refractivity contribution in [3.8, 4) is 11.6 Å². The number of hydrogen-bond donors (Lipinski definition) is 1. The van der Waals surface area contributed by atoms with Crippen LogP contribution in [0.4, 0.5) is 4.39 Å². The van der Waals surface area contributed by atoms with E-state index in [2.05, 4.69) is 17.2 Å².